The second-order valence-electron chi connectivity index (χ2n) is 4.46. The Labute approximate surface area is 119 Å². The molecule has 6 heteroatoms. The lowest BCUT2D eigenvalue weighted by molar-refractivity contribution is 0.157. The minimum absolute atomic E-state index is 0.00903. The van der Waals surface area contributed by atoms with E-state index in [1.54, 1.807) is 30.3 Å². The lowest BCUT2D eigenvalue weighted by atomic mass is 10.0. The maximum atomic E-state index is 14.3. The number of carbonyl (C=O) groups excluding carboxylic acids is 1. The summed E-state index contributed by atoms with van der Waals surface area (Å²) in [6, 6.07) is 11.0. The van der Waals surface area contributed by atoms with E-state index in [2.05, 4.69) is 10.5 Å². The van der Waals surface area contributed by atoms with Crippen LogP contribution in [-0.4, -0.2) is 23.5 Å². The number of aromatic hydroxyl groups is 1. The SMILES string of the molecule is O=C1NN=C(c2ccc(-c3ccccc3O)c(F)c2)CO1. The Kier molecular flexibility index (Phi) is 3.27. The van der Waals surface area contributed by atoms with E-state index in [0.29, 0.717) is 22.4 Å². The van der Waals surface area contributed by atoms with Gasteiger partial charge in [0.1, 0.15) is 23.9 Å². The van der Waals surface area contributed by atoms with Crippen molar-refractivity contribution >= 4 is 11.8 Å². The van der Waals surface area contributed by atoms with E-state index >= 15 is 0 Å². The maximum Gasteiger partial charge on any atom is 0.428 e. The van der Waals surface area contributed by atoms with Gasteiger partial charge in [-0.1, -0.05) is 30.3 Å². The zero-order valence-corrected chi connectivity index (χ0v) is 10.8. The number of hydrogen-bond acceptors (Lipinski definition) is 4. The predicted molar refractivity (Wildman–Crippen MR) is 74.5 cm³/mol. The number of benzene rings is 2. The van der Waals surface area contributed by atoms with Crippen LogP contribution in [0.3, 0.4) is 0 Å². The predicted octanol–water partition coefficient (Wildman–Crippen LogP) is 2.64. The van der Waals surface area contributed by atoms with E-state index in [1.807, 2.05) is 0 Å². The number of nitrogens with one attached hydrogen (secondary N) is 1. The third kappa shape index (κ3) is 2.55. The van der Waals surface area contributed by atoms with Crippen LogP contribution < -0.4 is 5.43 Å². The highest BCUT2D eigenvalue weighted by atomic mass is 19.1. The summed E-state index contributed by atoms with van der Waals surface area (Å²) in [6.07, 6.45) is -0.634. The van der Waals surface area contributed by atoms with Gasteiger partial charge in [0, 0.05) is 16.7 Å². The molecule has 0 spiro atoms. The van der Waals surface area contributed by atoms with Gasteiger partial charge in [-0.2, -0.15) is 5.10 Å². The molecule has 0 radical (unpaired) electrons. The molecule has 0 aromatic heterocycles. The highest BCUT2D eigenvalue weighted by Crippen LogP contribution is 2.31. The van der Waals surface area contributed by atoms with Crippen molar-refractivity contribution in [2.75, 3.05) is 6.61 Å². The number of phenols is 1. The fourth-order valence-electron chi connectivity index (χ4n) is 2.07. The Bertz CT molecular complexity index is 743. The summed E-state index contributed by atoms with van der Waals surface area (Å²) in [6.45, 7) is -0.0127. The third-order valence-electron chi connectivity index (χ3n) is 3.12. The van der Waals surface area contributed by atoms with Gasteiger partial charge in [-0.05, 0) is 12.1 Å². The van der Waals surface area contributed by atoms with Crippen molar-refractivity contribution in [1.82, 2.24) is 5.43 Å². The van der Waals surface area contributed by atoms with Crippen LogP contribution in [0.4, 0.5) is 9.18 Å². The second-order valence-corrected chi connectivity index (χ2v) is 4.46. The maximum absolute atomic E-state index is 14.3. The minimum Gasteiger partial charge on any atom is -0.507 e. The molecule has 1 aliphatic heterocycles. The molecular weight excluding hydrogens is 275 g/mol. The number of nitrogens with zero attached hydrogens (tertiary/aromatic N) is 1. The van der Waals surface area contributed by atoms with Gasteiger partial charge in [-0.3, -0.25) is 0 Å². The first-order valence-electron chi connectivity index (χ1n) is 6.23. The number of cyclic esters (lactones) is 1. The van der Waals surface area contributed by atoms with Crippen LogP contribution in [-0.2, 0) is 4.74 Å². The van der Waals surface area contributed by atoms with E-state index in [1.165, 1.54) is 12.1 Å². The molecule has 106 valence electrons. The van der Waals surface area contributed by atoms with Crippen LogP contribution in [0.5, 0.6) is 5.75 Å². The van der Waals surface area contributed by atoms with Gasteiger partial charge in [0.25, 0.3) is 0 Å². The van der Waals surface area contributed by atoms with Crippen LogP contribution in [0.1, 0.15) is 5.56 Å². The van der Waals surface area contributed by atoms with Gasteiger partial charge in [0.2, 0.25) is 0 Å². The molecule has 1 heterocycles. The summed E-state index contributed by atoms with van der Waals surface area (Å²) >= 11 is 0. The van der Waals surface area contributed by atoms with Gasteiger partial charge in [0.05, 0.1) is 0 Å². The molecule has 0 atom stereocenters. The number of halogens is 1. The molecule has 3 rings (SSSR count). The van der Waals surface area contributed by atoms with Crippen molar-refractivity contribution in [2.45, 2.75) is 0 Å². The highest BCUT2D eigenvalue weighted by Gasteiger charge is 2.16. The Balaban J connectivity index is 1.97. The number of ether oxygens (including phenoxy) is 1. The zero-order valence-electron chi connectivity index (χ0n) is 10.8. The van der Waals surface area contributed by atoms with E-state index in [4.69, 9.17) is 4.74 Å². The molecule has 21 heavy (non-hydrogen) atoms. The van der Waals surface area contributed by atoms with Gasteiger partial charge in [-0.25, -0.2) is 14.6 Å². The third-order valence-corrected chi connectivity index (χ3v) is 3.12. The molecule has 1 aliphatic rings. The minimum atomic E-state index is -0.634. The Hall–Kier alpha value is -2.89. The molecular formula is C15H11FN2O3. The van der Waals surface area contributed by atoms with Crippen molar-refractivity contribution < 1.29 is 19.0 Å². The molecule has 5 nitrogen and oxygen atoms in total. The molecule has 2 aromatic rings. The number of hydrogen-bond donors (Lipinski definition) is 2. The first-order chi connectivity index (χ1) is 10.1. The van der Waals surface area contributed by atoms with Crippen LogP contribution in [0, 0.1) is 5.82 Å². The number of para-hydroxylation sites is 1. The van der Waals surface area contributed by atoms with Crippen LogP contribution in [0.2, 0.25) is 0 Å². The van der Waals surface area contributed by atoms with E-state index in [9.17, 15) is 14.3 Å². The standard InChI is InChI=1S/C15H11FN2O3/c16-12-7-9(13-8-21-15(20)18-17-13)5-6-10(12)11-3-1-2-4-14(11)19/h1-7,19H,8H2,(H,18,20). The van der Waals surface area contributed by atoms with Crippen molar-refractivity contribution in [3.05, 3.63) is 53.8 Å². The van der Waals surface area contributed by atoms with E-state index in [-0.39, 0.29) is 12.4 Å². The normalized spacial score (nSPS) is 14.1. The van der Waals surface area contributed by atoms with Crippen LogP contribution >= 0.6 is 0 Å². The summed E-state index contributed by atoms with van der Waals surface area (Å²) in [7, 11) is 0. The molecule has 2 N–H and O–H groups in total. The Morgan fingerprint density at radius 2 is 2.00 bits per heavy atom. The van der Waals surface area contributed by atoms with Gasteiger partial charge in [-0.15, -0.1) is 0 Å². The highest BCUT2D eigenvalue weighted by molar-refractivity contribution is 6.04. The van der Waals surface area contributed by atoms with Crippen molar-refractivity contribution in [3.8, 4) is 16.9 Å². The first-order valence-corrected chi connectivity index (χ1v) is 6.23. The topological polar surface area (TPSA) is 70.9 Å². The number of phenolic OH excluding ortho intramolecular Hbond substituents is 1. The largest absolute Gasteiger partial charge is 0.507 e. The summed E-state index contributed by atoms with van der Waals surface area (Å²) in [4.78, 5) is 10.8. The molecule has 0 saturated carbocycles. The first kappa shape index (κ1) is 13.1. The summed E-state index contributed by atoms with van der Waals surface area (Å²) in [5, 5.41) is 13.6. The lowest BCUT2D eigenvalue weighted by Gasteiger charge is -2.14. The van der Waals surface area contributed by atoms with Crippen molar-refractivity contribution in [3.63, 3.8) is 0 Å². The molecule has 2 aromatic carbocycles. The summed E-state index contributed by atoms with van der Waals surface area (Å²) in [5.74, 6) is -0.483. The second kappa shape index (κ2) is 5.24. The fraction of sp³-hybridized carbons (Fsp3) is 0.0667. The number of carbonyl (C=O) groups is 1. The zero-order chi connectivity index (χ0) is 14.8. The number of hydrazone groups is 1. The Morgan fingerprint density at radius 1 is 1.19 bits per heavy atom. The summed E-state index contributed by atoms with van der Waals surface area (Å²) in [5.41, 5.74) is 3.81. The quantitative estimate of drug-likeness (QED) is 0.891. The number of amides is 1. The smallest absolute Gasteiger partial charge is 0.428 e. The molecule has 0 fully saturated rings. The van der Waals surface area contributed by atoms with Crippen LogP contribution in [0.15, 0.2) is 47.6 Å². The van der Waals surface area contributed by atoms with E-state index < -0.39 is 11.9 Å². The fourth-order valence-corrected chi connectivity index (χ4v) is 2.07. The van der Waals surface area contributed by atoms with Crippen molar-refractivity contribution in [1.29, 1.82) is 0 Å². The monoisotopic (exact) mass is 286 g/mol. The number of rotatable bonds is 2. The summed E-state index contributed by atoms with van der Waals surface area (Å²) < 4.78 is 19.0. The van der Waals surface area contributed by atoms with Gasteiger partial charge >= 0.3 is 6.09 Å². The average molecular weight is 286 g/mol. The molecule has 0 aliphatic carbocycles. The molecule has 0 unspecified atom stereocenters. The van der Waals surface area contributed by atoms with Gasteiger partial charge < -0.3 is 9.84 Å². The lowest BCUT2D eigenvalue weighted by Crippen LogP contribution is -2.30. The Morgan fingerprint density at radius 3 is 2.67 bits per heavy atom. The van der Waals surface area contributed by atoms with Crippen LogP contribution in [0.25, 0.3) is 11.1 Å². The molecule has 0 bridgehead atoms. The van der Waals surface area contributed by atoms with E-state index in [0.717, 1.165) is 0 Å². The average Bonchev–Trinajstić information content (AvgIpc) is 2.49. The molecule has 0 saturated heterocycles. The van der Waals surface area contributed by atoms with Crippen molar-refractivity contribution in [2.24, 2.45) is 5.10 Å². The van der Waals surface area contributed by atoms with Gasteiger partial charge in [0.15, 0.2) is 0 Å². The molecule has 1 amide bonds.